The Balaban J connectivity index is 2.07. The zero-order chi connectivity index (χ0) is 13.2. The number of benzene rings is 1. The number of halogens is 1. The monoisotopic (exact) mass is 271 g/mol. The lowest BCUT2D eigenvalue weighted by Gasteiger charge is -2.07. The molecule has 0 aliphatic heterocycles. The molecule has 0 saturated heterocycles. The summed E-state index contributed by atoms with van der Waals surface area (Å²) in [5.41, 5.74) is 3.16. The van der Waals surface area contributed by atoms with Crippen molar-refractivity contribution in [3.05, 3.63) is 47.5 Å². The van der Waals surface area contributed by atoms with Gasteiger partial charge >= 0.3 is 0 Å². The van der Waals surface area contributed by atoms with Crippen molar-refractivity contribution >= 4 is 34.3 Å². The molecule has 0 radical (unpaired) electrons. The first-order valence-electron chi connectivity index (χ1n) is 5.70. The maximum atomic E-state index is 5.89. The second-order valence-corrected chi connectivity index (χ2v) is 4.40. The van der Waals surface area contributed by atoms with E-state index in [2.05, 4.69) is 25.3 Å². The number of aryl methyl sites for hydroxylation is 1. The van der Waals surface area contributed by atoms with Crippen LogP contribution in [0.2, 0.25) is 5.28 Å². The van der Waals surface area contributed by atoms with E-state index >= 15 is 0 Å². The summed E-state index contributed by atoms with van der Waals surface area (Å²) in [7, 11) is 0. The van der Waals surface area contributed by atoms with Crippen molar-refractivity contribution in [1.29, 1.82) is 0 Å². The smallest absolute Gasteiger partial charge is 0.226 e. The lowest BCUT2D eigenvalue weighted by Crippen LogP contribution is -1.99. The van der Waals surface area contributed by atoms with E-state index in [-0.39, 0.29) is 5.28 Å². The molecule has 0 saturated carbocycles. The molecule has 94 valence electrons. The summed E-state index contributed by atoms with van der Waals surface area (Å²) in [6.45, 7) is 2.03. The van der Waals surface area contributed by atoms with Crippen molar-refractivity contribution in [2.45, 2.75) is 6.92 Å². The molecular weight excluding hydrogens is 262 g/mol. The quantitative estimate of drug-likeness (QED) is 0.726. The van der Waals surface area contributed by atoms with E-state index < -0.39 is 0 Å². The zero-order valence-electron chi connectivity index (χ0n) is 10.1. The molecule has 1 aromatic carbocycles. The molecule has 0 aliphatic rings. The lowest BCUT2D eigenvalue weighted by molar-refractivity contribution is 1.15. The second-order valence-electron chi connectivity index (χ2n) is 4.06. The molecule has 1 N–H and O–H groups in total. The van der Waals surface area contributed by atoms with Crippen LogP contribution in [-0.4, -0.2) is 19.9 Å². The van der Waals surface area contributed by atoms with E-state index in [0.717, 1.165) is 5.69 Å². The Hall–Kier alpha value is -2.27. The van der Waals surface area contributed by atoms with Gasteiger partial charge in [-0.1, -0.05) is 17.7 Å². The molecule has 3 aromatic rings. The van der Waals surface area contributed by atoms with Gasteiger partial charge in [0.1, 0.15) is 0 Å². The van der Waals surface area contributed by atoms with Gasteiger partial charge in [0, 0.05) is 18.1 Å². The number of anilines is 2. The molecule has 3 rings (SSSR count). The predicted molar refractivity (Wildman–Crippen MR) is 74.6 cm³/mol. The molecule has 0 spiro atoms. The Labute approximate surface area is 114 Å². The highest BCUT2D eigenvalue weighted by molar-refractivity contribution is 6.28. The predicted octanol–water partition coefficient (Wildman–Crippen LogP) is 3.13. The summed E-state index contributed by atoms with van der Waals surface area (Å²) in [6, 6.07) is 7.96. The molecule has 0 aliphatic carbocycles. The number of fused-ring (bicyclic) bond motifs is 1. The number of aromatic nitrogens is 4. The van der Waals surface area contributed by atoms with Gasteiger partial charge in [0.25, 0.3) is 0 Å². The number of nitrogens with zero attached hydrogens (tertiary/aromatic N) is 4. The summed E-state index contributed by atoms with van der Waals surface area (Å²) in [4.78, 5) is 16.5. The van der Waals surface area contributed by atoms with E-state index in [9.17, 15) is 0 Å². The van der Waals surface area contributed by atoms with E-state index in [1.807, 2.05) is 31.2 Å². The van der Waals surface area contributed by atoms with Crippen LogP contribution in [0.3, 0.4) is 0 Å². The van der Waals surface area contributed by atoms with Crippen molar-refractivity contribution < 1.29 is 0 Å². The maximum Gasteiger partial charge on any atom is 0.226 e. The van der Waals surface area contributed by atoms with E-state index in [4.69, 9.17) is 11.6 Å². The average Bonchev–Trinajstić information content (AvgIpc) is 2.41. The summed E-state index contributed by atoms with van der Waals surface area (Å²) in [5, 5.41) is 3.32. The van der Waals surface area contributed by atoms with Gasteiger partial charge < -0.3 is 5.32 Å². The number of hydrogen-bond donors (Lipinski definition) is 1. The Morgan fingerprint density at radius 1 is 1.00 bits per heavy atom. The summed E-state index contributed by atoms with van der Waals surface area (Å²) in [6.07, 6.45) is 3.17. The maximum absolute atomic E-state index is 5.89. The Morgan fingerprint density at radius 3 is 2.53 bits per heavy atom. The van der Waals surface area contributed by atoms with Crippen molar-refractivity contribution in [2.75, 3.05) is 5.32 Å². The Bertz CT molecular complexity index is 727. The van der Waals surface area contributed by atoms with E-state index in [0.29, 0.717) is 17.0 Å². The number of hydrogen-bond acceptors (Lipinski definition) is 5. The largest absolute Gasteiger partial charge is 0.338 e. The van der Waals surface area contributed by atoms with Crippen LogP contribution < -0.4 is 5.32 Å². The van der Waals surface area contributed by atoms with Gasteiger partial charge in [0.2, 0.25) is 5.28 Å². The third-order valence-corrected chi connectivity index (χ3v) is 2.79. The molecule has 0 atom stereocenters. The first kappa shape index (κ1) is 11.8. The van der Waals surface area contributed by atoms with Crippen LogP contribution in [0.5, 0.6) is 0 Å². The minimum Gasteiger partial charge on any atom is -0.338 e. The van der Waals surface area contributed by atoms with Crippen LogP contribution in [0.1, 0.15) is 5.56 Å². The van der Waals surface area contributed by atoms with Crippen LogP contribution in [0.25, 0.3) is 11.2 Å². The van der Waals surface area contributed by atoms with Crippen LogP contribution in [0, 0.1) is 6.92 Å². The van der Waals surface area contributed by atoms with Crippen molar-refractivity contribution in [2.24, 2.45) is 0 Å². The van der Waals surface area contributed by atoms with E-state index in [1.165, 1.54) is 5.56 Å². The number of rotatable bonds is 2. The Kier molecular flexibility index (Phi) is 2.97. The molecule has 5 nitrogen and oxygen atoms in total. The van der Waals surface area contributed by atoms with Gasteiger partial charge in [-0.15, -0.1) is 0 Å². The van der Waals surface area contributed by atoms with Gasteiger partial charge in [0.05, 0.1) is 0 Å². The SMILES string of the molecule is Cc1ccc(Nc2nc(Cl)nc3nccnc23)cc1. The second kappa shape index (κ2) is 4.78. The lowest BCUT2D eigenvalue weighted by atomic mass is 10.2. The fourth-order valence-corrected chi connectivity index (χ4v) is 1.86. The van der Waals surface area contributed by atoms with Crippen molar-refractivity contribution in [1.82, 2.24) is 19.9 Å². The summed E-state index contributed by atoms with van der Waals surface area (Å²) in [5.74, 6) is 0.548. The molecular formula is C13H10ClN5. The minimum atomic E-state index is 0.141. The first-order valence-corrected chi connectivity index (χ1v) is 6.08. The van der Waals surface area contributed by atoms with Crippen molar-refractivity contribution in [3.8, 4) is 0 Å². The molecule has 2 heterocycles. The molecule has 19 heavy (non-hydrogen) atoms. The van der Waals surface area contributed by atoms with Crippen molar-refractivity contribution in [3.63, 3.8) is 0 Å². The van der Waals surface area contributed by atoms with Crippen LogP contribution in [0.4, 0.5) is 11.5 Å². The summed E-state index contributed by atoms with van der Waals surface area (Å²) < 4.78 is 0. The molecule has 2 aromatic heterocycles. The fraction of sp³-hybridized carbons (Fsp3) is 0.0769. The highest BCUT2D eigenvalue weighted by Gasteiger charge is 2.08. The molecule has 6 heteroatoms. The zero-order valence-corrected chi connectivity index (χ0v) is 10.9. The van der Waals surface area contributed by atoms with E-state index in [1.54, 1.807) is 12.4 Å². The highest BCUT2D eigenvalue weighted by Crippen LogP contribution is 2.22. The van der Waals surface area contributed by atoms with Gasteiger partial charge in [0.15, 0.2) is 17.0 Å². The van der Waals surface area contributed by atoms with Gasteiger partial charge in [-0.3, -0.25) is 0 Å². The summed E-state index contributed by atoms with van der Waals surface area (Å²) >= 11 is 5.89. The third-order valence-electron chi connectivity index (χ3n) is 2.62. The average molecular weight is 272 g/mol. The topological polar surface area (TPSA) is 63.6 Å². The molecule has 0 amide bonds. The minimum absolute atomic E-state index is 0.141. The van der Waals surface area contributed by atoms with Crippen LogP contribution in [-0.2, 0) is 0 Å². The van der Waals surface area contributed by atoms with Gasteiger partial charge in [-0.2, -0.15) is 9.97 Å². The van der Waals surface area contributed by atoms with Gasteiger partial charge in [-0.25, -0.2) is 9.97 Å². The highest BCUT2D eigenvalue weighted by atomic mass is 35.5. The molecule has 0 unspecified atom stereocenters. The normalized spacial score (nSPS) is 10.6. The Morgan fingerprint density at radius 2 is 1.74 bits per heavy atom. The fourth-order valence-electron chi connectivity index (χ4n) is 1.70. The molecule has 0 fully saturated rings. The molecule has 0 bridgehead atoms. The van der Waals surface area contributed by atoms with Crippen LogP contribution >= 0.6 is 11.6 Å². The standard InChI is InChI=1S/C13H10ClN5/c1-8-2-4-9(5-3-8)17-12-10-11(16-7-6-15-10)18-13(14)19-12/h2-7H,1H3,(H,16,17,18,19). The first-order chi connectivity index (χ1) is 9.22. The van der Waals surface area contributed by atoms with Crippen LogP contribution in [0.15, 0.2) is 36.7 Å². The van der Waals surface area contributed by atoms with Gasteiger partial charge in [-0.05, 0) is 30.7 Å². The number of nitrogens with one attached hydrogen (secondary N) is 1. The third kappa shape index (κ3) is 2.46.